The number of rotatable bonds is 13. The topological polar surface area (TPSA) is 66.8 Å². The molecule has 1 aromatic rings. The number of aryl methyl sites for hydroxylation is 1. The van der Waals surface area contributed by atoms with Crippen molar-refractivity contribution in [1.82, 2.24) is 0 Å². The molecule has 0 aliphatic rings. The summed E-state index contributed by atoms with van der Waals surface area (Å²) < 4.78 is 5.54. The average molecular weight is 336 g/mol. The van der Waals surface area contributed by atoms with Crippen molar-refractivity contribution in [2.75, 3.05) is 6.61 Å². The van der Waals surface area contributed by atoms with Crippen molar-refractivity contribution < 1.29 is 19.7 Å². The molecule has 0 radical (unpaired) electrons. The van der Waals surface area contributed by atoms with E-state index >= 15 is 0 Å². The van der Waals surface area contributed by atoms with E-state index in [2.05, 4.69) is 6.92 Å². The molecule has 0 aliphatic heterocycles. The first-order valence-electron chi connectivity index (χ1n) is 9.26. The SMILES string of the molecule is CCCCCCCCCCCCOc1ccc(C)c(C(=O)O)c1O. The first kappa shape index (κ1) is 20.3. The number of phenols is 1. The summed E-state index contributed by atoms with van der Waals surface area (Å²) in [5, 5.41) is 19.1. The summed E-state index contributed by atoms with van der Waals surface area (Å²) in [5.74, 6) is -1.14. The summed E-state index contributed by atoms with van der Waals surface area (Å²) >= 11 is 0. The van der Waals surface area contributed by atoms with Gasteiger partial charge in [-0.1, -0.05) is 70.8 Å². The van der Waals surface area contributed by atoms with Crippen LogP contribution >= 0.6 is 0 Å². The zero-order valence-corrected chi connectivity index (χ0v) is 15.1. The molecule has 0 heterocycles. The molecule has 0 amide bonds. The lowest BCUT2D eigenvalue weighted by Gasteiger charge is -2.11. The Bertz CT molecular complexity index is 497. The van der Waals surface area contributed by atoms with Crippen molar-refractivity contribution >= 4 is 5.97 Å². The van der Waals surface area contributed by atoms with Gasteiger partial charge in [-0.25, -0.2) is 4.79 Å². The van der Waals surface area contributed by atoms with E-state index in [1.54, 1.807) is 19.1 Å². The van der Waals surface area contributed by atoms with Crippen LogP contribution in [0.15, 0.2) is 12.1 Å². The summed E-state index contributed by atoms with van der Waals surface area (Å²) in [6.45, 7) is 4.41. The molecule has 24 heavy (non-hydrogen) atoms. The van der Waals surface area contributed by atoms with E-state index in [0.29, 0.717) is 12.2 Å². The summed E-state index contributed by atoms with van der Waals surface area (Å²) in [6, 6.07) is 3.30. The summed E-state index contributed by atoms with van der Waals surface area (Å²) in [5.41, 5.74) is 0.460. The Morgan fingerprint density at radius 1 is 0.958 bits per heavy atom. The second-order valence-electron chi connectivity index (χ2n) is 6.44. The molecule has 1 aromatic carbocycles. The van der Waals surface area contributed by atoms with E-state index in [1.165, 1.54) is 51.4 Å². The van der Waals surface area contributed by atoms with Gasteiger partial charge < -0.3 is 14.9 Å². The first-order valence-corrected chi connectivity index (χ1v) is 9.26. The van der Waals surface area contributed by atoms with Crippen molar-refractivity contribution in [1.29, 1.82) is 0 Å². The van der Waals surface area contributed by atoms with Crippen LogP contribution in [0.25, 0.3) is 0 Å². The van der Waals surface area contributed by atoms with Crippen molar-refractivity contribution in [2.45, 2.75) is 78.1 Å². The van der Waals surface area contributed by atoms with Crippen LogP contribution in [0.4, 0.5) is 0 Å². The van der Waals surface area contributed by atoms with E-state index < -0.39 is 5.97 Å². The van der Waals surface area contributed by atoms with E-state index in [4.69, 9.17) is 9.84 Å². The lowest BCUT2D eigenvalue weighted by molar-refractivity contribution is 0.0692. The molecule has 0 spiro atoms. The van der Waals surface area contributed by atoms with Crippen LogP contribution in [-0.2, 0) is 0 Å². The zero-order valence-electron chi connectivity index (χ0n) is 15.1. The maximum atomic E-state index is 11.1. The van der Waals surface area contributed by atoms with Gasteiger partial charge in [0.2, 0.25) is 0 Å². The van der Waals surface area contributed by atoms with E-state index in [0.717, 1.165) is 12.8 Å². The Hall–Kier alpha value is -1.71. The monoisotopic (exact) mass is 336 g/mol. The number of ether oxygens (including phenoxy) is 1. The largest absolute Gasteiger partial charge is 0.504 e. The van der Waals surface area contributed by atoms with Gasteiger partial charge in [0.05, 0.1) is 6.61 Å². The number of carboxylic acids is 1. The van der Waals surface area contributed by atoms with Gasteiger partial charge in [-0.2, -0.15) is 0 Å². The molecule has 0 unspecified atom stereocenters. The number of aromatic hydroxyl groups is 1. The van der Waals surface area contributed by atoms with Crippen LogP contribution in [0.1, 0.15) is 87.1 Å². The molecular weight excluding hydrogens is 304 g/mol. The maximum absolute atomic E-state index is 11.1. The van der Waals surface area contributed by atoms with Gasteiger partial charge in [0.25, 0.3) is 0 Å². The van der Waals surface area contributed by atoms with Crippen LogP contribution in [0.2, 0.25) is 0 Å². The van der Waals surface area contributed by atoms with Crippen LogP contribution in [-0.4, -0.2) is 22.8 Å². The fourth-order valence-corrected chi connectivity index (χ4v) is 2.83. The Morgan fingerprint density at radius 3 is 2.04 bits per heavy atom. The molecule has 4 heteroatoms. The number of benzene rings is 1. The van der Waals surface area contributed by atoms with Crippen molar-refractivity contribution in [2.24, 2.45) is 0 Å². The predicted octanol–water partition coefficient (Wildman–Crippen LogP) is 5.70. The minimum Gasteiger partial charge on any atom is -0.504 e. The van der Waals surface area contributed by atoms with Gasteiger partial charge in [0.15, 0.2) is 11.5 Å². The lowest BCUT2D eigenvalue weighted by Crippen LogP contribution is -2.03. The number of carboxylic acid groups (broad SMARTS) is 1. The van der Waals surface area contributed by atoms with Gasteiger partial charge in [-0.3, -0.25) is 0 Å². The molecule has 2 N–H and O–H groups in total. The first-order chi connectivity index (χ1) is 11.6. The normalized spacial score (nSPS) is 10.8. The van der Waals surface area contributed by atoms with E-state index in [-0.39, 0.29) is 17.1 Å². The van der Waals surface area contributed by atoms with Crippen LogP contribution < -0.4 is 4.74 Å². The minimum atomic E-state index is -1.13. The third-order valence-corrected chi connectivity index (χ3v) is 4.32. The Kier molecular flexibility index (Phi) is 9.97. The Labute approximate surface area is 145 Å². The third-order valence-electron chi connectivity index (χ3n) is 4.32. The minimum absolute atomic E-state index is 0.0735. The number of hydrogen-bond donors (Lipinski definition) is 2. The standard InChI is InChI=1S/C20H32O4/c1-3-4-5-6-7-8-9-10-11-12-15-24-17-14-13-16(2)18(19(17)21)20(22)23/h13-14,21H,3-12,15H2,1-2H3,(H,22,23). The molecule has 0 fully saturated rings. The molecular formula is C20H32O4. The summed E-state index contributed by atoms with van der Waals surface area (Å²) in [7, 11) is 0. The highest BCUT2D eigenvalue weighted by atomic mass is 16.5. The Balaban J connectivity index is 2.16. The quantitative estimate of drug-likeness (QED) is 0.453. The van der Waals surface area contributed by atoms with Gasteiger partial charge in [-0.05, 0) is 25.0 Å². The molecule has 0 bridgehead atoms. The second kappa shape index (κ2) is 11.8. The van der Waals surface area contributed by atoms with Crippen molar-refractivity contribution in [3.8, 4) is 11.5 Å². The van der Waals surface area contributed by atoms with Crippen LogP contribution in [0.5, 0.6) is 11.5 Å². The fraction of sp³-hybridized carbons (Fsp3) is 0.650. The predicted molar refractivity (Wildman–Crippen MR) is 97.1 cm³/mol. The molecule has 1 rings (SSSR count). The third kappa shape index (κ3) is 7.24. The molecule has 0 aromatic heterocycles. The number of aromatic carboxylic acids is 1. The summed E-state index contributed by atoms with van der Waals surface area (Å²) in [6.07, 6.45) is 12.5. The maximum Gasteiger partial charge on any atom is 0.339 e. The number of hydrogen-bond acceptors (Lipinski definition) is 3. The van der Waals surface area contributed by atoms with Crippen LogP contribution in [0, 0.1) is 6.92 Å². The molecule has 0 aliphatic carbocycles. The second-order valence-corrected chi connectivity index (χ2v) is 6.44. The van der Waals surface area contributed by atoms with Crippen molar-refractivity contribution in [3.63, 3.8) is 0 Å². The average Bonchev–Trinajstić information content (AvgIpc) is 2.54. The highest BCUT2D eigenvalue weighted by Crippen LogP contribution is 2.32. The summed E-state index contributed by atoms with van der Waals surface area (Å²) in [4.78, 5) is 11.1. The van der Waals surface area contributed by atoms with Crippen LogP contribution in [0.3, 0.4) is 0 Å². The number of carbonyl (C=O) groups is 1. The number of unbranched alkanes of at least 4 members (excludes halogenated alkanes) is 9. The van der Waals surface area contributed by atoms with Crippen molar-refractivity contribution in [3.05, 3.63) is 23.3 Å². The Morgan fingerprint density at radius 2 is 1.50 bits per heavy atom. The highest BCUT2D eigenvalue weighted by molar-refractivity contribution is 5.93. The van der Waals surface area contributed by atoms with E-state index in [9.17, 15) is 9.90 Å². The molecule has 4 nitrogen and oxygen atoms in total. The highest BCUT2D eigenvalue weighted by Gasteiger charge is 2.17. The zero-order chi connectivity index (χ0) is 17.8. The molecule has 0 saturated carbocycles. The van der Waals surface area contributed by atoms with Gasteiger partial charge in [0, 0.05) is 0 Å². The van der Waals surface area contributed by atoms with Gasteiger partial charge >= 0.3 is 5.97 Å². The van der Waals surface area contributed by atoms with Gasteiger partial charge in [-0.15, -0.1) is 0 Å². The molecule has 0 saturated heterocycles. The molecule has 0 atom stereocenters. The smallest absolute Gasteiger partial charge is 0.339 e. The fourth-order valence-electron chi connectivity index (χ4n) is 2.83. The lowest BCUT2D eigenvalue weighted by atomic mass is 10.1. The van der Waals surface area contributed by atoms with E-state index in [1.807, 2.05) is 0 Å². The van der Waals surface area contributed by atoms with Gasteiger partial charge in [0.1, 0.15) is 5.56 Å². The molecule has 136 valence electrons.